The largest absolute Gasteiger partial charge is 0.497 e. The highest BCUT2D eigenvalue weighted by Gasteiger charge is 2.15. The molecule has 2 aromatic carbocycles. The molecule has 0 bridgehead atoms. The quantitative estimate of drug-likeness (QED) is 0.415. The maximum atomic E-state index is 13.1. The Balaban J connectivity index is 1.59. The molecule has 3 rings (SSSR count). The van der Waals surface area contributed by atoms with E-state index in [1.807, 2.05) is 23.6 Å². The molecular weight excluding hydrogens is 417 g/mol. The minimum absolute atomic E-state index is 0.0759. The van der Waals surface area contributed by atoms with Gasteiger partial charge < -0.3 is 14.0 Å². The van der Waals surface area contributed by atoms with Gasteiger partial charge in [0.05, 0.1) is 20.0 Å². The maximum Gasteiger partial charge on any atom is 0.191 e. The predicted molar refractivity (Wildman–Crippen MR) is 118 cm³/mol. The van der Waals surface area contributed by atoms with Crippen molar-refractivity contribution in [1.82, 2.24) is 14.8 Å². The summed E-state index contributed by atoms with van der Waals surface area (Å²) < 4.78 is 25.7. The van der Waals surface area contributed by atoms with E-state index in [0.29, 0.717) is 30.2 Å². The van der Waals surface area contributed by atoms with Crippen LogP contribution in [-0.2, 0) is 30.6 Å². The first-order valence-electron chi connectivity index (χ1n) is 10.1. The number of aryl methyl sites for hydroxylation is 2. The molecule has 0 radical (unpaired) electrons. The molecule has 0 atom stereocenters. The van der Waals surface area contributed by atoms with Crippen molar-refractivity contribution in [2.45, 2.75) is 37.9 Å². The van der Waals surface area contributed by atoms with Crippen LogP contribution >= 0.6 is 11.8 Å². The molecule has 0 unspecified atom stereocenters. The lowest BCUT2D eigenvalue weighted by molar-refractivity contribution is -0.116. The summed E-state index contributed by atoms with van der Waals surface area (Å²) in [6.45, 7) is 2.74. The van der Waals surface area contributed by atoms with Crippen molar-refractivity contribution in [2.75, 3.05) is 20.0 Å². The number of ether oxygens (including phenoxy) is 2. The van der Waals surface area contributed by atoms with Crippen LogP contribution in [0.3, 0.4) is 0 Å². The fourth-order valence-electron chi connectivity index (χ4n) is 3.24. The Morgan fingerprint density at radius 3 is 2.52 bits per heavy atom. The van der Waals surface area contributed by atoms with Crippen molar-refractivity contribution < 1.29 is 18.7 Å². The van der Waals surface area contributed by atoms with Gasteiger partial charge in [0.25, 0.3) is 0 Å². The molecule has 0 aliphatic rings. The topological polar surface area (TPSA) is 66.2 Å². The third-order valence-corrected chi connectivity index (χ3v) is 5.93. The molecule has 8 heteroatoms. The molecule has 0 N–H and O–H groups in total. The van der Waals surface area contributed by atoms with Crippen LogP contribution in [0, 0.1) is 5.82 Å². The number of ketones is 1. The van der Waals surface area contributed by atoms with E-state index in [9.17, 15) is 9.18 Å². The molecule has 0 amide bonds. The van der Waals surface area contributed by atoms with Crippen molar-refractivity contribution in [1.29, 1.82) is 0 Å². The van der Waals surface area contributed by atoms with Crippen LogP contribution in [0.15, 0.2) is 47.6 Å². The second-order valence-electron chi connectivity index (χ2n) is 6.95. The number of Topliss-reactive ketones (excluding diaryl/α,β-unsaturated/α-hetero) is 1. The van der Waals surface area contributed by atoms with Crippen LogP contribution < -0.4 is 9.47 Å². The molecule has 1 heterocycles. The number of thioether (sulfide) groups is 1. The highest BCUT2D eigenvalue weighted by molar-refractivity contribution is 7.99. The van der Waals surface area contributed by atoms with Gasteiger partial charge in [-0.1, -0.05) is 30.0 Å². The summed E-state index contributed by atoms with van der Waals surface area (Å²) in [5, 5.41) is 9.30. The SMILES string of the molecule is CCn1c(CCc2ccc(F)cc2)nnc1SCC(=O)Cc1ccc(OC)cc1OC. The van der Waals surface area contributed by atoms with Crippen molar-refractivity contribution in [3.05, 3.63) is 65.2 Å². The van der Waals surface area contributed by atoms with Crippen LogP contribution in [0.25, 0.3) is 0 Å². The Labute approximate surface area is 185 Å². The number of benzene rings is 2. The lowest BCUT2D eigenvalue weighted by atomic mass is 10.1. The highest BCUT2D eigenvalue weighted by atomic mass is 32.2. The third-order valence-electron chi connectivity index (χ3n) is 4.90. The van der Waals surface area contributed by atoms with Gasteiger partial charge in [-0.25, -0.2) is 4.39 Å². The fraction of sp³-hybridized carbons (Fsp3) is 0.348. The molecule has 31 heavy (non-hydrogen) atoms. The van der Waals surface area contributed by atoms with E-state index in [1.54, 1.807) is 32.4 Å². The molecule has 0 fully saturated rings. The van der Waals surface area contributed by atoms with Crippen LogP contribution in [0.1, 0.15) is 23.9 Å². The highest BCUT2D eigenvalue weighted by Crippen LogP contribution is 2.26. The van der Waals surface area contributed by atoms with Gasteiger partial charge in [-0.3, -0.25) is 4.79 Å². The summed E-state index contributed by atoms with van der Waals surface area (Å²) >= 11 is 1.39. The summed E-state index contributed by atoms with van der Waals surface area (Å²) in [5.41, 5.74) is 1.87. The Hall–Kier alpha value is -2.87. The standard InChI is InChI=1S/C23H26FN3O3S/c1-4-27-22(12-7-16-5-9-18(24)10-6-16)25-26-23(27)31-15-19(28)13-17-8-11-20(29-2)14-21(17)30-3/h5-6,8-11,14H,4,7,12-13,15H2,1-3H3. The number of rotatable bonds is 11. The first kappa shape index (κ1) is 22.8. The number of halogens is 1. The minimum Gasteiger partial charge on any atom is -0.497 e. The smallest absolute Gasteiger partial charge is 0.191 e. The zero-order valence-electron chi connectivity index (χ0n) is 17.9. The van der Waals surface area contributed by atoms with Crippen molar-refractivity contribution >= 4 is 17.5 Å². The fourth-order valence-corrected chi connectivity index (χ4v) is 4.12. The number of carbonyl (C=O) groups excluding carboxylic acids is 1. The van der Waals surface area contributed by atoms with Gasteiger partial charge in [0.2, 0.25) is 0 Å². The average molecular weight is 444 g/mol. The lowest BCUT2D eigenvalue weighted by Crippen LogP contribution is -2.09. The van der Waals surface area contributed by atoms with E-state index >= 15 is 0 Å². The summed E-state index contributed by atoms with van der Waals surface area (Å²) in [4.78, 5) is 12.6. The number of hydrogen-bond acceptors (Lipinski definition) is 6. The Bertz CT molecular complexity index is 1020. The van der Waals surface area contributed by atoms with Gasteiger partial charge in [-0.15, -0.1) is 10.2 Å². The number of aromatic nitrogens is 3. The molecule has 6 nitrogen and oxygen atoms in total. The molecule has 0 spiro atoms. The van der Waals surface area contributed by atoms with E-state index in [2.05, 4.69) is 10.2 Å². The first-order chi connectivity index (χ1) is 15.0. The van der Waals surface area contributed by atoms with Crippen LogP contribution in [0.4, 0.5) is 4.39 Å². The molecular formula is C23H26FN3O3S. The zero-order valence-corrected chi connectivity index (χ0v) is 18.7. The molecule has 3 aromatic rings. The zero-order chi connectivity index (χ0) is 22.2. The van der Waals surface area contributed by atoms with E-state index in [0.717, 1.165) is 28.5 Å². The summed E-state index contributed by atoms with van der Waals surface area (Å²) in [6.07, 6.45) is 1.72. The monoisotopic (exact) mass is 443 g/mol. The van der Waals surface area contributed by atoms with E-state index < -0.39 is 0 Å². The summed E-state index contributed by atoms with van der Waals surface area (Å²) in [5.74, 6) is 2.32. The van der Waals surface area contributed by atoms with Gasteiger partial charge in [0.1, 0.15) is 28.9 Å². The second kappa shape index (κ2) is 10.9. The first-order valence-corrected chi connectivity index (χ1v) is 11.0. The van der Waals surface area contributed by atoms with E-state index in [1.165, 1.54) is 23.9 Å². The van der Waals surface area contributed by atoms with Gasteiger partial charge in [-0.05, 0) is 37.1 Å². The second-order valence-corrected chi connectivity index (χ2v) is 7.89. The summed E-state index contributed by atoms with van der Waals surface area (Å²) in [6, 6.07) is 11.9. The van der Waals surface area contributed by atoms with Gasteiger partial charge in [-0.2, -0.15) is 0 Å². The Morgan fingerprint density at radius 1 is 1.06 bits per heavy atom. The van der Waals surface area contributed by atoms with Crippen LogP contribution in [-0.4, -0.2) is 40.5 Å². The lowest BCUT2D eigenvalue weighted by Gasteiger charge is -2.10. The molecule has 0 saturated heterocycles. The van der Waals surface area contributed by atoms with Gasteiger partial charge in [0, 0.05) is 31.0 Å². The number of carbonyl (C=O) groups is 1. The Morgan fingerprint density at radius 2 is 1.84 bits per heavy atom. The summed E-state index contributed by atoms with van der Waals surface area (Å²) in [7, 11) is 3.17. The molecule has 0 aliphatic heterocycles. The molecule has 164 valence electrons. The normalized spacial score (nSPS) is 10.8. The predicted octanol–water partition coefficient (Wildman–Crippen LogP) is 4.14. The number of nitrogens with zero attached hydrogens (tertiary/aromatic N) is 3. The van der Waals surface area contributed by atoms with Crippen molar-refractivity contribution in [3.63, 3.8) is 0 Å². The van der Waals surface area contributed by atoms with Gasteiger partial charge >= 0.3 is 0 Å². The minimum atomic E-state index is -0.240. The molecule has 0 aliphatic carbocycles. The third kappa shape index (κ3) is 6.07. The van der Waals surface area contributed by atoms with Crippen LogP contribution in [0.5, 0.6) is 11.5 Å². The number of hydrogen-bond donors (Lipinski definition) is 0. The van der Waals surface area contributed by atoms with E-state index in [-0.39, 0.29) is 18.0 Å². The molecule has 1 aromatic heterocycles. The average Bonchev–Trinajstić information content (AvgIpc) is 3.19. The van der Waals surface area contributed by atoms with Gasteiger partial charge in [0.15, 0.2) is 5.16 Å². The Kier molecular flexibility index (Phi) is 8.06. The van der Waals surface area contributed by atoms with E-state index in [4.69, 9.17) is 9.47 Å². The number of methoxy groups -OCH3 is 2. The van der Waals surface area contributed by atoms with Crippen molar-refractivity contribution in [3.8, 4) is 11.5 Å². The molecule has 0 saturated carbocycles. The maximum absolute atomic E-state index is 13.1. The van der Waals surface area contributed by atoms with Crippen LogP contribution in [0.2, 0.25) is 0 Å². The van der Waals surface area contributed by atoms with Crippen molar-refractivity contribution in [2.24, 2.45) is 0 Å².